The van der Waals surface area contributed by atoms with Crippen LogP contribution < -0.4 is 9.47 Å². The highest BCUT2D eigenvalue weighted by atomic mass is 16.7. The van der Waals surface area contributed by atoms with Gasteiger partial charge in [-0.2, -0.15) is 0 Å². The molecule has 0 N–H and O–H groups in total. The Hall–Kier alpha value is -2.69. The lowest BCUT2D eigenvalue weighted by molar-refractivity contribution is 0.104. The number of benzene rings is 2. The first-order valence-corrected chi connectivity index (χ1v) is 8.15. The number of amides is 1. The Morgan fingerprint density at radius 3 is 2.83 bits per heavy atom. The van der Waals surface area contributed by atoms with Crippen molar-refractivity contribution in [2.24, 2.45) is 0 Å². The Balaban J connectivity index is 1.35. The zero-order valence-electron chi connectivity index (χ0n) is 13.3. The van der Waals surface area contributed by atoms with Crippen molar-refractivity contribution in [3.8, 4) is 11.5 Å². The standard InChI is InChI=1S/C19H19NO4/c21-19(22-12-14-4-2-1-3-5-14)20-9-8-16(11-20)15-6-7-17-18(10-15)24-13-23-17/h1-7,10,16H,8-9,11-13H2. The molecule has 0 radical (unpaired) electrons. The highest BCUT2D eigenvalue weighted by Gasteiger charge is 2.29. The Kier molecular flexibility index (Phi) is 3.99. The van der Waals surface area contributed by atoms with Crippen LogP contribution >= 0.6 is 0 Å². The van der Waals surface area contributed by atoms with Gasteiger partial charge in [-0.05, 0) is 29.7 Å². The van der Waals surface area contributed by atoms with E-state index in [0.29, 0.717) is 25.6 Å². The average molecular weight is 325 g/mol. The van der Waals surface area contributed by atoms with Crippen LogP contribution in [0.5, 0.6) is 11.5 Å². The predicted octanol–water partition coefficient (Wildman–Crippen LogP) is 3.54. The van der Waals surface area contributed by atoms with Gasteiger partial charge >= 0.3 is 6.09 Å². The number of nitrogens with zero attached hydrogens (tertiary/aromatic N) is 1. The van der Waals surface area contributed by atoms with E-state index in [-0.39, 0.29) is 12.9 Å². The lowest BCUT2D eigenvalue weighted by Crippen LogP contribution is -2.29. The molecule has 24 heavy (non-hydrogen) atoms. The quantitative estimate of drug-likeness (QED) is 0.866. The fraction of sp³-hybridized carbons (Fsp3) is 0.316. The van der Waals surface area contributed by atoms with Gasteiger partial charge in [-0.1, -0.05) is 36.4 Å². The van der Waals surface area contributed by atoms with Crippen molar-refractivity contribution in [2.45, 2.75) is 18.9 Å². The third kappa shape index (κ3) is 3.02. The minimum atomic E-state index is -0.248. The van der Waals surface area contributed by atoms with Gasteiger partial charge in [0, 0.05) is 19.0 Å². The Morgan fingerprint density at radius 1 is 1.12 bits per heavy atom. The molecule has 0 spiro atoms. The largest absolute Gasteiger partial charge is 0.454 e. The van der Waals surface area contributed by atoms with Crippen LogP contribution in [0.3, 0.4) is 0 Å². The first kappa shape index (κ1) is 14.9. The summed E-state index contributed by atoms with van der Waals surface area (Å²) < 4.78 is 16.2. The molecule has 0 bridgehead atoms. The van der Waals surface area contributed by atoms with Crippen molar-refractivity contribution in [1.29, 1.82) is 0 Å². The minimum absolute atomic E-state index is 0.248. The number of likely N-dealkylation sites (tertiary alicyclic amines) is 1. The van der Waals surface area contributed by atoms with Crippen LogP contribution in [-0.2, 0) is 11.3 Å². The summed E-state index contributed by atoms with van der Waals surface area (Å²) >= 11 is 0. The smallest absolute Gasteiger partial charge is 0.410 e. The van der Waals surface area contributed by atoms with Gasteiger partial charge in [0.05, 0.1) is 0 Å². The Morgan fingerprint density at radius 2 is 1.96 bits per heavy atom. The van der Waals surface area contributed by atoms with Gasteiger partial charge in [-0.25, -0.2) is 4.79 Å². The van der Waals surface area contributed by atoms with Crippen molar-refractivity contribution in [1.82, 2.24) is 4.90 Å². The van der Waals surface area contributed by atoms with E-state index in [2.05, 4.69) is 6.07 Å². The summed E-state index contributed by atoms with van der Waals surface area (Å²) in [5, 5.41) is 0. The molecule has 0 saturated carbocycles. The molecule has 1 atom stereocenters. The van der Waals surface area contributed by atoms with E-state index >= 15 is 0 Å². The molecule has 1 fully saturated rings. The molecule has 1 amide bonds. The molecule has 124 valence electrons. The van der Waals surface area contributed by atoms with Gasteiger partial charge in [0.1, 0.15) is 6.61 Å². The van der Waals surface area contributed by atoms with E-state index in [1.165, 1.54) is 5.56 Å². The molecule has 0 aromatic heterocycles. The summed E-state index contributed by atoms with van der Waals surface area (Å²) in [5.41, 5.74) is 2.18. The molecule has 2 aromatic carbocycles. The normalized spacial score (nSPS) is 18.7. The molecule has 5 heteroatoms. The first-order valence-electron chi connectivity index (χ1n) is 8.15. The van der Waals surface area contributed by atoms with E-state index < -0.39 is 0 Å². The van der Waals surface area contributed by atoms with Gasteiger partial charge in [0.15, 0.2) is 11.5 Å². The van der Waals surface area contributed by atoms with Gasteiger partial charge < -0.3 is 19.1 Å². The zero-order valence-corrected chi connectivity index (χ0v) is 13.3. The van der Waals surface area contributed by atoms with E-state index in [9.17, 15) is 4.79 Å². The van der Waals surface area contributed by atoms with Crippen LogP contribution in [-0.4, -0.2) is 30.9 Å². The van der Waals surface area contributed by atoms with Crippen molar-refractivity contribution in [2.75, 3.05) is 19.9 Å². The lowest BCUT2D eigenvalue weighted by atomic mass is 9.98. The van der Waals surface area contributed by atoms with E-state index in [0.717, 1.165) is 23.5 Å². The summed E-state index contributed by atoms with van der Waals surface area (Å²) in [6.07, 6.45) is 0.683. The summed E-state index contributed by atoms with van der Waals surface area (Å²) in [4.78, 5) is 14.0. The SMILES string of the molecule is O=C(OCc1ccccc1)N1CCC(c2ccc3c(c2)OCO3)C1. The van der Waals surface area contributed by atoms with Crippen molar-refractivity contribution < 1.29 is 19.0 Å². The minimum Gasteiger partial charge on any atom is -0.454 e. The van der Waals surface area contributed by atoms with Crippen molar-refractivity contribution in [3.05, 3.63) is 59.7 Å². The summed E-state index contributed by atoms with van der Waals surface area (Å²) in [6.45, 7) is 1.98. The van der Waals surface area contributed by atoms with Gasteiger partial charge in [-0.15, -0.1) is 0 Å². The number of hydrogen-bond acceptors (Lipinski definition) is 4. The summed E-state index contributed by atoms with van der Waals surface area (Å²) in [7, 11) is 0. The maximum atomic E-state index is 12.2. The molecule has 5 nitrogen and oxygen atoms in total. The van der Waals surface area contributed by atoms with Crippen LogP contribution in [0.1, 0.15) is 23.5 Å². The summed E-state index contributed by atoms with van der Waals surface area (Å²) in [5.74, 6) is 1.89. The molecule has 1 saturated heterocycles. The highest BCUT2D eigenvalue weighted by Crippen LogP contribution is 2.37. The average Bonchev–Trinajstić information content (AvgIpc) is 3.29. The third-order valence-corrected chi connectivity index (χ3v) is 4.52. The number of fused-ring (bicyclic) bond motifs is 1. The van der Waals surface area contributed by atoms with Crippen LogP contribution in [0.25, 0.3) is 0 Å². The molecule has 2 aliphatic heterocycles. The van der Waals surface area contributed by atoms with Crippen LogP contribution in [0.4, 0.5) is 4.79 Å². The molecular formula is C19H19NO4. The van der Waals surface area contributed by atoms with Gasteiger partial charge in [0.25, 0.3) is 0 Å². The fourth-order valence-electron chi connectivity index (χ4n) is 3.18. The topological polar surface area (TPSA) is 48.0 Å². The second-order valence-electron chi connectivity index (χ2n) is 6.08. The maximum absolute atomic E-state index is 12.2. The second kappa shape index (κ2) is 6.43. The highest BCUT2D eigenvalue weighted by molar-refractivity contribution is 5.68. The van der Waals surface area contributed by atoms with E-state index in [1.807, 2.05) is 42.5 Å². The Labute approximate surface area is 140 Å². The van der Waals surface area contributed by atoms with Crippen LogP contribution in [0.2, 0.25) is 0 Å². The second-order valence-corrected chi connectivity index (χ2v) is 6.08. The van der Waals surface area contributed by atoms with E-state index in [4.69, 9.17) is 14.2 Å². The molecule has 4 rings (SSSR count). The monoisotopic (exact) mass is 325 g/mol. The molecular weight excluding hydrogens is 306 g/mol. The first-order chi connectivity index (χ1) is 11.8. The van der Waals surface area contributed by atoms with Crippen molar-refractivity contribution in [3.63, 3.8) is 0 Å². The molecule has 2 aromatic rings. The van der Waals surface area contributed by atoms with Crippen LogP contribution in [0.15, 0.2) is 48.5 Å². The lowest BCUT2D eigenvalue weighted by Gasteiger charge is -2.16. The number of carbonyl (C=O) groups excluding carboxylic acids is 1. The number of ether oxygens (including phenoxy) is 3. The Bertz CT molecular complexity index is 731. The number of rotatable bonds is 3. The predicted molar refractivity (Wildman–Crippen MR) is 88.1 cm³/mol. The van der Waals surface area contributed by atoms with Gasteiger partial charge in [-0.3, -0.25) is 0 Å². The number of hydrogen-bond donors (Lipinski definition) is 0. The van der Waals surface area contributed by atoms with Crippen LogP contribution in [0, 0.1) is 0 Å². The summed E-state index contributed by atoms with van der Waals surface area (Å²) in [6, 6.07) is 15.7. The van der Waals surface area contributed by atoms with Crippen molar-refractivity contribution >= 4 is 6.09 Å². The number of carbonyl (C=O) groups is 1. The van der Waals surface area contributed by atoms with Gasteiger partial charge in [0.2, 0.25) is 6.79 Å². The third-order valence-electron chi connectivity index (χ3n) is 4.52. The molecule has 2 heterocycles. The van der Waals surface area contributed by atoms with E-state index in [1.54, 1.807) is 4.90 Å². The maximum Gasteiger partial charge on any atom is 0.410 e. The molecule has 0 aliphatic carbocycles. The molecule has 2 aliphatic rings. The zero-order chi connectivity index (χ0) is 16.4. The fourth-order valence-corrected chi connectivity index (χ4v) is 3.18. The molecule has 1 unspecified atom stereocenters.